The lowest BCUT2D eigenvalue weighted by Crippen LogP contribution is -2.39. The Balaban J connectivity index is 1.50. The molecule has 1 unspecified atom stereocenters. The first-order valence-corrected chi connectivity index (χ1v) is 12.7. The summed E-state index contributed by atoms with van der Waals surface area (Å²) < 4.78 is 5.87. The van der Waals surface area contributed by atoms with E-state index in [1.54, 1.807) is 0 Å². The van der Waals surface area contributed by atoms with Crippen molar-refractivity contribution in [2.75, 3.05) is 6.54 Å². The Bertz CT molecular complexity index is 1260. The molecule has 1 aliphatic rings. The van der Waals surface area contributed by atoms with Gasteiger partial charge in [-0.3, -0.25) is 0 Å². The van der Waals surface area contributed by atoms with Gasteiger partial charge in [0.1, 0.15) is 6.61 Å². The number of hydrogen-bond acceptors (Lipinski definition) is 2. The van der Waals surface area contributed by atoms with E-state index in [9.17, 15) is 4.79 Å². The summed E-state index contributed by atoms with van der Waals surface area (Å²) in [6.45, 7) is 5.15. The highest BCUT2D eigenvalue weighted by Crippen LogP contribution is 2.44. The van der Waals surface area contributed by atoms with Crippen molar-refractivity contribution in [3.05, 3.63) is 143 Å². The summed E-state index contributed by atoms with van der Waals surface area (Å²) in [6.07, 6.45) is 1.39. The Morgan fingerprint density at radius 3 is 1.94 bits per heavy atom. The molecular weight excluding hydrogens is 442 g/mol. The zero-order chi connectivity index (χ0) is 25.0. The van der Waals surface area contributed by atoms with E-state index in [2.05, 4.69) is 92.7 Å². The number of hydrogen-bond donors (Lipinski definition) is 0. The van der Waals surface area contributed by atoms with Gasteiger partial charge >= 0.3 is 6.09 Å². The van der Waals surface area contributed by atoms with E-state index in [0.29, 0.717) is 6.54 Å². The first kappa shape index (κ1) is 23.9. The Kier molecular flexibility index (Phi) is 6.90. The monoisotopic (exact) mass is 475 g/mol. The summed E-state index contributed by atoms with van der Waals surface area (Å²) in [5.74, 6) is 0. The number of nitrogens with zero attached hydrogens (tertiary/aromatic N) is 1. The van der Waals surface area contributed by atoms with Crippen molar-refractivity contribution in [1.82, 2.24) is 4.90 Å². The lowest BCUT2D eigenvalue weighted by atomic mass is 9.72. The molecule has 4 aromatic rings. The number of aryl methyl sites for hydroxylation is 2. The van der Waals surface area contributed by atoms with Gasteiger partial charge < -0.3 is 9.64 Å². The fraction of sp³-hybridized carbons (Fsp3) is 0.242. The second kappa shape index (κ2) is 10.4. The number of carbonyl (C=O) groups is 1. The smallest absolute Gasteiger partial charge is 0.410 e. The number of carbonyl (C=O) groups excluding carboxylic acids is 1. The fourth-order valence-electron chi connectivity index (χ4n) is 5.50. The van der Waals surface area contributed by atoms with Gasteiger partial charge in [0.2, 0.25) is 0 Å². The SMILES string of the molecule is Cc1ccc(CC2CC(c3ccccc3)(c3ccccc3)CN2C(=O)OCc2ccccc2)cc1C. The maximum atomic E-state index is 13.6. The van der Waals surface area contributed by atoms with Gasteiger partial charge in [0.05, 0.1) is 0 Å². The second-order valence-electron chi connectivity index (χ2n) is 9.96. The zero-order valence-electron chi connectivity index (χ0n) is 21.1. The minimum absolute atomic E-state index is 0.0239. The molecule has 0 aromatic heterocycles. The van der Waals surface area contributed by atoms with Crippen LogP contribution in [-0.4, -0.2) is 23.6 Å². The van der Waals surface area contributed by atoms with Gasteiger partial charge in [0, 0.05) is 18.0 Å². The maximum Gasteiger partial charge on any atom is 0.410 e. The van der Waals surface area contributed by atoms with E-state index in [1.165, 1.54) is 27.8 Å². The third-order valence-corrected chi connectivity index (χ3v) is 7.60. The topological polar surface area (TPSA) is 29.5 Å². The minimum atomic E-state index is -0.293. The van der Waals surface area contributed by atoms with Crippen molar-refractivity contribution in [3.63, 3.8) is 0 Å². The van der Waals surface area contributed by atoms with Crippen LogP contribution in [-0.2, 0) is 23.2 Å². The van der Waals surface area contributed by atoms with Gasteiger partial charge in [-0.15, -0.1) is 0 Å². The lowest BCUT2D eigenvalue weighted by molar-refractivity contribution is 0.0912. The largest absolute Gasteiger partial charge is 0.445 e. The van der Waals surface area contributed by atoms with Gasteiger partial charge in [-0.05, 0) is 60.1 Å². The predicted molar refractivity (Wildman–Crippen MR) is 145 cm³/mol. The molecule has 4 aromatic carbocycles. The first-order chi connectivity index (χ1) is 17.5. The average Bonchev–Trinajstić information content (AvgIpc) is 3.31. The Labute approximate surface area is 214 Å². The van der Waals surface area contributed by atoms with Gasteiger partial charge in [-0.2, -0.15) is 0 Å². The standard InChI is InChI=1S/C33H33NO2/c1-25-18-19-28(20-26(25)2)21-31-22-33(29-14-8-4-9-15-29,30-16-10-5-11-17-30)24-34(31)32(35)36-23-27-12-6-3-7-13-27/h3-20,31H,21-24H2,1-2H3. The molecule has 0 radical (unpaired) electrons. The van der Waals surface area contributed by atoms with Crippen LogP contribution in [0.25, 0.3) is 0 Å². The van der Waals surface area contributed by atoms with Gasteiger partial charge in [0.25, 0.3) is 0 Å². The highest BCUT2D eigenvalue weighted by molar-refractivity contribution is 5.70. The Morgan fingerprint density at radius 1 is 0.778 bits per heavy atom. The molecule has 1 atom stereocenters. The third-order valence-electron chi connectivity index (χ3n) is 7.60. The molecule has 1 saturated heterocycles. The normalized spacial score (nSPS) is 16.6. The predicted octanol–water partition coefficient (Wildman–Crippen LogP) is 7.24. The van der Waals surface area contributed by atoms with Crippen molar-refractivity contribution < 1.29 is 9.53 Å². The molecule has 0 spiro atoms. The lowest BCUT2D eigenvalue weighted by Gasteiger charge is -2.30. The van der Waals surface area contributed by atoms with Crippen molar-refractivity contribution >= 4 is 6.09 Å². The van der Waals surface area contributed by atoms with Crippen LogP contribution in [0.15, 0.2) is 109 Å². The van der Waals surface area contributed by atoms with Gasteiger partial charge in [0.15, 0.2) is 0 Å². The molecular formula is C33H33NO2. The van der Waals surface area contributed by atoms with Crippen molar-refractivity contribution in [2.24, 2.45) is 0 Å². The van der Waals surface area contributed by atoms with Crippen LogP contribution in [0.2, 0.25) is 0 Å². The van der Waals surface area contributed by atoms with Crippen molar-refractivity contribution in [1.29, 1.82) is 0 Å². The quantitative estimate of drug-likeness (QED) is 0.294. The van der Waals surface area contributed by atoms with Gasteiger partial charge in [-0.1, -0.05) is 109 Å². The summed E-state index contributed by atoms with van der Waals surface area (Å²) in [6, 6.07) is 37.8. The number of ether oxygens (including phenoxy) is 1. The number of benzene rings is 4. The molecule has 1 amide bonds. The molecule has 5 rings (SSSR count). The highest BCUT2D eigenvalue weighted by atomic mass is 16.6. The maximum absolute atomic E-state index is 13.6. The zero-order valence-corrected chi connectivity index (χ0v) is 21.1. The molecule has 1 fully saturated rings. The average molecular weight is 476 g/mol. The molecule has 1 heterocycles. The Hall–Kier alpha value is -3.85. The second-order valence-corrected chi connectivity index (χ2v) is 9.96. The minimum Gasteiger partial charge on any atom is -0.445 e. The van der Waals surface area contributed by atoms with Crippen LogP contribution in [0.5, 0.6) is 0 Å². The molecule has 0 bridgehead atoms. The summed E-state index contributed by atoms with van der Waals surface area (Å²) >= 11 is 0. The van der Waals surface area contributed by atoms with E-state index in [4.69, 9.17) is 4.74 Å². The van der Waals surface area contributed by atoms with Crippen molar-refractivity contribution in [3.8, 4) is 0 Å². The molecule has 36 heavy (non-hydrogen) atoms. The summed E-state index contributed by atoms with van der Waals surface area (Å²) in [7, 11) is 0. The van der Waals surface area contributed by atoms with Crippen LogP contribution >= 0.6 is 0 Å². The third kappa shape index (κ3) is 4.92. The fourth-order valence-corrected chi connectivity index (χ4v) is 5.50. The van der Waals surface area contributed by atoms with Crippen LogP contribution in [0.4, 0.5) is 4.79 Å². The van der Waals surface area contributed by atoms with Crippen LogP contribution in [0, 0.1) is 13.8 Å². The van der Waals surface area contributed by atoms with E-state index in [-0.39, 0.29) is 24.2 Å². The number of likely N-dealkylation sites (tertiary alicyclic amines) is 1. The highest BCUT2D eigenvalue weighted by Gasteiger charge is 2.48. The van der Waals surface area contributed by atoms with Gasteiger partial charge in [-0.25, -0.2) is 4.79 Å². The van der Waals surface area contributed by atoms with Crippen LogP contribution in [0.3, 0.4) is 0 Å². The molecule has 0 aliphatic carbocycles. The Morgan fingerprint density at radius 2 is 1.36 bits per heavy atom. The first-order valence-electron chi connectivity index (χ1n) is 12.7. The van der Waals surface area contributed by atoms with Crippen LogP contribution < -0.4 is 0 Å². The van der Waals surface area contributed by atoms with E-state index in [1.807, 2.05) is 35.2 Å². The van der Waals surface area contributed by atoms with Crippen LogP contribution in [0.1, 0.15) is 39.8 Å². The van der Waals surface area contributed by atoms with Crippen molar-refractivity contribution in [2.45, 2.75) is 44.8 Å². The van der Waals surface area contributed by atoms with E-state index >= 15 is 0 Å². The molecule has 0 saturated carbocycles. The molecule has 182 valence electrons. The summed E-state index contributed by atoms with van der Waals surface area (Å²) in [5, 5.41) is 0. The summed E-state index contributed by atoms with van der Waals surface area (Å²) in [4.78, 5) is 15.6. The van der Waals surface area contributed by atoms with E-state index < -0.39 is 0 Å². The number of rotatable bonds is 6. The van der Waals surface area contributed by atoms with E-state index in [0.717, 1.165) is 18.4 Å². The molecule has 1 aliphatic heterocycles. The molecule has 3 heteroatoms. The molecule has 3 nitrogen and oxygen atoms in total. The summed E-state index contributed by atoms with van der Waals surface area (Å²) in [5.41, 5.74) is 6.99. The number of amides is 1. The molecule has 0 N–H and O–H groups in total.